The molecule has 5 nitrogen and oxygen atoms in total. The molecule has 0 aromatic heterocycles. The first-order valence-corrected chi connectivity index (χ1v) is 8.49. The van der Waals surface area contributed by atoms with E-state index in [1.807, 2.05) is 42.2 Å². The van der Waals surface area contributed by atoms with Crippen LogP contribution in [0, 0.1) is 18.3 Å². The Labute approximate surface area is 153 Å². The van der Waals surface area contributed by atoms with E-state index < -0.39 is 5.91 Å². The van der Waals surface area contributed by atoms with Crippen LogP contribution >= 0.6 is 0 Å². The number of rotatable bonds is 4. The zero-order valence-corrected chi connectivity index (χ0v) is 15.0. The van der Waals surface area contributed by atoms with E-state index in [-0.39, 0.29) is 5.57 Å². The van der Waals surface area contributed by atoms with E-state index in [9.17, 15) is 10.1 Å². The number of amides is 1. The number of anilines is 1. The lowest BCUT2D eigenvalue weighted by Gasteiger charge is -2.27. The number of hydrogen-bond donors (Lipinski definition) is 1. The van der Waals surface area contributed by atoms with Crippen molar-refractivity contribution < 1.29 is 9.53 Å². The van der Waals surface area contributed by atoms with Crippen LogP contribution in [0.3, 0.4) is 0 Å². The highest BCUT2D eigenvalue weighted by molar-refractivity contribution is 6.07. The molecular formula is C21H21N3O2. The fraction of sp³-hybridized carbons (Fsp3) is 0.238. The number of nitrogens with one attached hydrogen (secondary N) is 1. The van der Waals surface area contributed by atoms with Crippen molar-refractivity contribution in [1.29, 1.82) is 5.26 Å². The lowest BCUT2D eigenvalue weighted by atomic mass is 10.00. The van der Waals surface area contributed by atoms with Gasteiger partial charge < -0.3 is 15.0 Å². The standard InChI is InChI=1S/C21H21N3O2/c1-15-7-8-20(26-2)19(11-15)23-21(25)18(12-22)14-24-10-9-16-5-3-4-6-17(16)13-24/h3-8,11,14H,9-10,13H2,1-2H3,(H,23,25)/b18-14-. The van der Waals surface area contributed by atoms with Gasteiger partial charge in [-0.2, -0.15) is 5.26 Å². The summed E-state index contributed by atoms with van der Waals surface area (Å²) in [5.74, 6) is 0.128. The molecular weight excluding hydrogens is 326 g/mol. The highest BCUT2D eigenvalue weighted by atomic mass is 16.5. The van der Waals surface area contributed by atoms with Gasteiger partial charge in [0.1, 0.15) is 17.4 Å². The van der Waals surface area contributed by atoms with Gasteiger partial charge in [0.25, 0.3) is 5.91 Å². The average molecular weight is 347 g/mol. The van der Waals surface area contributed by atoms with Crippen LogP contribution in [-0.4, -0.2) is 24.5 Å². The van der Waals surface area contributed by atoms with E-state index in [0.29, 0.717) is 18.0 Å². The van der Waals surface area contributed by atoms with Crippen molar-refractivity contribution in [2.45, 2.75) is 19.9 Å². The molecule has 5 heteroatoms. The Kier molecular flexibility index (Phi) is 5.23. The molecule has 2 aromatic rings. The predicted molar refractivity (Wildman–Crippen MR) is 101 cm³/mol. The monoisotopic (exact) mass is 347 g/mol. The number of nitriles is 1. The molecule has 1 N–H and O–H groups in total. The van der Waals surface area contributed by atoms with Gasteiger partial charge in [0.2, 0.25) is 0 Å². The van der Waals surface area contributed by atoms with Crippen LogP contribution in [0.1, 0.15) is 16.7 Å². The molecule has 0 bridgehead atoms. The molecule has 0 fully saturated rings. The molecule has 1 amide bonds. The summed E-state index contributed by atoms with van der Waals surface area (Å²) in [4.78, 5) is 14.6. The van der Waals surface area contributed by atoms with Crippen molar-refractivity contribution in [1.82, 2.24) is 4.90 Å². The number of carbonyl (C=O) groups excluding carboxylic acids is 1. The van der Waals surface area contributed by atoms with Crippen molar-refractivity contribution in [3.05, 3.63) is 70.9 Å². The van der Waals surface area contributed by atoms with Crippen molar-refractivity contribution in [2.24, 2.45) is 0 Å². The van der Waals surface area contributed by atoms with Crippen LogP contribution in [0.15, 0.2) is 54.2 Å². The maximum Gasteiger partial charge on any atom is 0.267 e. The second-order valence-corrected chi connectivity index (χ2v) is 6.30. The van der Waals surface area contributed by atoms with Gasteiger partial charge >= 0.3 is 0 Å². The number of hydrogen-bond acceptors (Lipinski definition) is 4. The van der Waals surface area contributed by atoms with Gasteiger partial charge in [-0.3, -0.25) is 4.79 Å². The maximum absolute atomic E-state index is 12.6. The molecule has 2 aromatic carbocycles. The van der Waals surface area contributed by atoms with Crippen LogP contribution in [-0.2, 0) is 17.8 Å². The molecule has 0 saturated heterocycles. The van der Waals surface area contributed by atoms with Gasteiger partial charge in [-0.15, -0.1) is 0 Å². The highest BCUT2D eigenvalue weighted by Crippen LogP contribution is 2.26. The quantitative estimate of drug-likeness (QED) is 0.680. The molecule has 132 valence electrons. The zero-order valence-electron chi connectivity index (χ0n) is 15.0. The van der Waals surface area contributed by atoms with Crippen LogP contribution in [0.2, 0.25) is 0 Å². The third-order valence-electron chi connectivity index (χ3n) is 4.44. The first-order chi connectivity index (χ1) is 12.6. The largest absolute Gasteiger partial charge is 0.495 e. The lowest BCUT2D eigenvalue weighted by molar-refractivity contribution is -0.112. The van der Waals surface area contributed by atoms with Gasteiger partial charge in [-0.1, -0.05) is 30.3 Å². The van der Waals surface area contributed by atoms with E-state index in [4.69, 9.17) is 4.74 Å². The Morgan fingerprint density at radius 2 is 2.04 bits per heavy atom. The third-order valence-corrected chi connectivity index (χ3v) is 4.44. The van der Waals surface area contributed by atoms with E-state index in [2.05, 4.69) is 17.4 Å². The average Bonchev–Trinajstić information content (AvgIpc) is 2.66. The fourth-order valence-electron chi connectivity index (χ4n) is 3.06. The number of carbonyl (C=O) groups is 1. The maximum atomic E-state index is 12.6. The summed E-state index contributed by atoms with van der Waals surface area (Å²) >= 11 is 0. The molecule has 1 aliphatic heterocycles. The number of nitrogens with zero attached hydrogens (tertiary/aromatic N) is 2. The molecule has 0 atom stereocenters. The molecule has 0 saturated carbocycles. The molecule has 3 rings (SSSR count). The van der Waals surface area contributed by atoms with Gasteiger partial charge in [-0.25, -0.2) is 0 Å². The highest BCUT2D eigenvalue weighted by Gasteiger charge is 2.17. The van der Waals surface area contributed by atoms with E-state index in [0.717, 1.165) is 18.5 Å². The summed E-state index contributed by atoms with van der Waals surface area (Å²) in [5.41, 5.74) is 4.18. The van der Waals surface area contributed by atoms with Crippen molar-refractivity contribution in [3.63, 3.8) is 0 Å². The van der Waals surface area contributed by atoms with Crippen LogP contribution < -0.4 is 10.1 Å². The van der Waals surface area contributed by atoms with Crippen molar-refractivity contribution in [2.75, 3.05) is 19.0 Å². The number of fused-ring (bicyclic) bond motifs is 1. The minimum absolute atomic E-state index is 0.0768. The van der Waals surface area contributed by atoms with Gasteiger partial charge in [-0.05, 0) is 42.2 Å². The first kappa shape index (κ1) is 17.6. The molecule has 0 aliphatic carbocycles. The van der Waals surface area contributed by atoms with Crippen molar-refractivity contribution in [3.8, 4) is 11.8 Å². The predicted octanol–water partition coefficient (Wildman–Crippen LogP) is 3.41. The number of methoxy groups -OCH3 is 1. The Bertz CT molecular complexity index is 896. The Morgan fingerprint density at radius 3 is 2.77 bits per heavy atom. The number of aryl methyl sites for hydroxylation is 1. The molecule has 0 unspecified atom stereocenters. The van der Waals surface area contributed by atoms with Crippen LogP contribution in [0.5, 0.6) is 5.75 Å². The first-order valence-electron chi connectivity index (χ1n) is 8.49. The fourth-order valence-corrected chi connectivity index (χ4v) is 3.06. The second kappa shape index (κ2) is 7.75. The van der Waals surface area contributed by atoms with Gasteiger partial charge in [0.05, 0.1) is 12.8 Å². The molecule has 1 aliphatic rings. The number of benzene rings is 2. The lowest BCUT2D eigenvalue weighted by Crippen LogP contribution is -2.27. The van der Waals surface area contributed by atoms with E-state index in [1.54, 1.807) is 19.4 Å². The molecule has 0 radical (unpaired) electrons. The summed E-state index contributed by atoms with van der Waals surface area (Å²) in [6.07, 6.45) is 2.55. The third kappa shape index (κ3) is 3.86. The minimum atomic E-state index is -0.435. The summed E-state index contributed by atoms with van der Waals surface area (Å²) < 4.78 is 5.28. The summed E-state index contributed by atoms with van der Waals surface area (Å²) in [6, 6.07) is 15.8. The van der Waals surface area contributed by atoms with Crippen LogP contribution in [0.25, 0.3) is 0 Å². The summed E-state index contributed by atoms with van der Waals surface area (Å²) in [5, 5.41) is 12.2. The zero-order chi connectivity index (χ0) is 18.5. The van der Waals surface area contributed by atoms with Crippen molar-refractivity contribution >= 4 is 11.6 Å². The normalized spacial score (nSPS) is 13.6. The number of ether oxygens (including phenoxy) is 1. The molecule has 1 heterocycles. The van der Waals surface area contributed by atoms with Crippen LogP contribution in [0.4, 0.5) is 5.69 Å². The molecule has 26 heavy (non-hydrogen) atoms. The van der Waals surface area contributed by atoms with Gasteiger partial charge in [0.15, 0.2) is 0 Å². The Hall–Kier alpha value is -3.26. The summed E-state index contributed by atoms with van der Waals surface area (Å²) in [7, 11) is 1.55. The Balaban J connectivity index is 1.77. The van der Waals surface area contributed by atoms with Gasteiger partial charge in [0, 0.05) is 19.3 Å². The second-order valence-electron chi connectivity index (χ2n) is 6.30. The smallest absolute Gasteiger partial charge is 0.267 e. The SMILES string of the molecule is COc1ccc(C)cc1NC(=O)/C(C#N)=C\N1CCc2ccccc2C1. The van der Waals surface area contributed by atoms with E-state index >= 15 is 0 Å². The van der Waals surface area contributed by atoms with E-state index in [1.165, 1.54) is 11.1 Å². The topological polar surface area (TPSA) is 65.4 Å². The minimum Gasteiger partial charge on any atom is -0.495 e. The summed E-state index contributed by atoms with van der Waals surface area (Å²) in [6.45, 7) is 3.41. The molecule has 0 spiro atoms. The Morgan fingerprint density at radius 1 is 1.27 bits per heavy atom.